The standard InChI is InChI=1S/C12H21NO3/c1-11(2)8(9(14)13(4)5)6-7-12(11,3)10(15)16/h8H,6-7H2,1-5H3,(H,15,16)/t8-,12+/m1/s1. The topological polar surface area (TPSA) is 57.6 Å². The first-order chi connectivity index (χ1) is 7.14. The molecule has 1 rings (SSSR count). The Balaban J connectivity index is 3.05. The summed E-state index contributed by atoms with van der Waals surface area (Å²) >= 11 is 0. The van der Waals surface area contributed by atoms with Crippen molar-refractivity contribution in [3.8, 4) is 0 Å². The summed E-state index contributed by atoms with van der Waals surface area (Å²) in [5, 5.41) is 9.32. The van der Waals surface area contributed by atoms with Gasteiger partial charge in [-0.1, -0.05) is 13.8 Å². The Hall–Kier alpha value is -1.06. The van der Waals surface area contributed by atoms with Gasteiger partial charge in [-0.2, -0.15) is 0 Å². The zero-order valence-electron chi connectivity index (χ0n) is 10.7. The molecule has 0 aromatic rings. The first-order valence-electron chi connectivity index (χ1n) is 5.59. The Labute approximate surface area is 96.6 Å². The molecule has 0 heterocycles. The molecule has 16 heavy (non-hydrogen) atoms. The minimum atomic E-state index is -0.802. The van der Waals surface area contributed by atoms with Crippen LogP contribution in [0, 0.1) is 16.7 Å². The molecule has 0 aromatic carbocycles. The van der Waals surface area contributed by atoms with Crippen molar-refractivity contribution in [1.29, 1.82) is 0 Å². The van der Waals surface area contributed by atoms with E-state index in [1.165, 1.54) is 0 Å². The van der Waals surface area contributed by atoms with Crippen LogP contribution in [0.1, 0.15) is 33.6 Å². The van der Waals surface area contributed by atoms with Gasteiger partial charge in [-0.25, -0.2) is 0 Å². The van der Waals surface area contributed by atoms with Crippen LogP contribution in [-0.4, -0.2) is 36.0 Å². The summed E-state index contributed by atoms with van der Waals surface area (Å²) in [6.45, 7) is 5.53. The molecule has 0 unspecified atom stereocenters. The number of aliphatic carboxylic acids is 1. The molecule has 0 aliphatic heterocycles. The highest BCUT2D eigenvalue weighted by Crippen LogP contribution is 2.56. The van der Waals surface area contributed by atoms with Crippen molar-refractivity contribution < 1.29 is 14.7 Å². The van der Waals surface area contributed by atoms with E-state index >= 15 is 0 Å². The number of hydrogen-bond acceptors (Lipinski definition) is 2. The lowest BCUT2D eigenvalue weighted by Gasteiger charge is -2.38. The summed E-state index contributed by atoms with van der Waals surface area (Å²) in [6, 6.07) is 0. The van der Waals surface area contributed by atoms with Crippen LogP contribution in [0.5, 0.6) is 0 Å². The Morgan fingerprint density at radius 3 is 2.06 bits per heavy atom. The fourth-order valence-corrected chi connectivity index (χ4v) is 2.63. The van der Waals surface area contributed by atoms with Gasteiger partial charge in [0.15, 0.2) is 0 Å². The molecule has 1 amide bonds. The van der Waals surface area contributed by atoms with E-state index in [1.807, 2.05) is 13.8 Å². The average molecular weight is 227 g/mol. The van der Waals surface area contributed by atoms with E-state index in [9.17, 15) is 14.7 Å². The first kappa shape index (κ1) is 13.0. The van der Waals surface area contributed by atoms with Crippen molar-refractivity contribution in [2.75, 3.05) is 14.1 Å². The van der Waals surface area contributed by atoms with Crippen LogP contribution in [-0.2, 0) is 9.59 Å². The maximum Gasteiger partial charge on any atom is 0.309 e. The summed E-state index contributed by atoms with van der Waals surface area (Å²) in [7, 11) is 3.43. The highest BCUT2D eigenvalue weighted by Gasteiger charge is 2.58. The molecule has 4 heteroatoms. The number of carbonyl (C=O) groups is 2. The van der Waals surface area contributed by atoms with Crippen LogP contribution in [0.2, 0.25) is 0 Å². The molecule has 0 aromatic heterocycles. The van der Waals surface area contributed by atoms with Crippen molar-refractivity contribution in [2.45, 2.75) is 33.6 Å². The van der Waals surface area contributed by atoms with E-state index in [0.29, 0.717) is 12.8 Å². The molecule has 0 spiro atoms. The van der Waals surface area contributed by atoms with E-state index in [1.54, 1.807) is 25.9 Å². The van der Waals surface area contributed by atoms with Crippen LogP contribution >= 0.6 is 0 Å². The van der Waals surface area contributed by atoms with Crippen molar-refractivity contribution in [2.24, 2.45) is 16.7 Å². The van der Waals surface area contributed by atoms with Crippen molar-refractivity contribution in [3.05, 3.63) is 0 Å². The summed E-state index contributed by atoms with van der Waals surface area (Å²) < 4.78 is 0. The summed E-state index contributed by atoms with van der Waals surface area (Å²) in [6.07, 6.45) is 1.23. The minimum absolute atomic E-state index is 0.0370. The van der Waals surface area contributed by atoms with Crippen LogP contribution < -0.4 is 0 Å². The normalized spacial score (nSPS) is 32.4. The van der Waals surface area contributed by atoms with Gasteiger partial charge in [-0.3, -0.25) is 9.59 Å². The average Bonchev–Trinajstić information content (AvgIpc) is 2.38. The zero-order valence-corrected chi connectivity index (χ0v) is 10.7. The third kappa shape index (κ3) is 1.60. The van der Waals surface area contributed by atoms with E-state index < -0.39 is 16.8 Å². The fraction of sp³-hybridized carbons (Fsp3) is 0.833. The van der Waals surface area contributed by atoms with Gasteiger partial charge in [-0.05, 0) is 25.2 Å². The Bertz CT molecular complexity index is 322. The second kappa shape index (κ2) is 3.75. The van der Waals surface area contributed by atoms with Gasteiger partial charge in [0, 0.05) is 20.0 Å². The monoisotopic (exact) mass is 227 g/mol. The van der Waals surface area contributed by atoms with Gasteiger partial charge in [0.1, 0.15) is 0 Å². The maximum atomic E-state index is 12.0. The lowest BCUT2D eigenvalue weighted by atomic mass is 9.65. The predicted molar refractivity (Wildman–Crippen MR) is 60.9 cm³/mol. The smallest absolute Gasteiger partial charge is 0.309 e. The molecule has 0 saturated heterocycles. The number of nitrogens with zero attached hydrogens (tertiary/aromatic N) is 1. The van der Waals surface area contributed by atoms with E-state index in [4.69, 9.17) is 0 Å². The third-order valence-corrected chi connectivity index (χ3v) is 4.44. The van der Waals surface area contributed by atoms with Gasteiger partial charge in [-0.15, -0.1) is 0 Å². The number of amides is 1. The molecule has 0 radical (unpaired) electrons. The SMILES string of the molecule is CN(C)C(=O)[C@H]1CC[C@@](C)(C(=O)O)C1(C)C. The van der Waals surface area contributed by atoms with E-state index in [-0.39, 0.29) is 11.8 Å². The maximum absolute atomic E-state index is 12.0. The van der Waals surface area contributed by atoms with Crippen LogP contribution in [0.3, 0.4) is 0 Å². The lowest BCUT2D eigenvalue weighted by molar-refractivity contribution is -0.156. The fourth-order valence-electron chi connectivity index (χ4n) is 2.63. The molecule has 4 nitrogen and oxygen atoms in total. The van der Waals surface area contributed by atoms with Crippen molar-refractivity contribution in [3.63, 3.8) is 0 Å². The van der Waals surface area contributed by atoms with Crippen molar-refractivity contribution in [1.82, 2.24) is 4.90 Å². The molecule has 92 valence electrons. The summed E-state index contributed by atoms with van der Waals surface area (Å²) in [5.74, 6) is -0.954. The van der Waals surface area contributed by atoms with E-state index in [0.717, 1.165) is 0 Å². The van der Waals surface area contributed by atoms with Gasteiger partial charge in [0.25, 0.3) is 0 Å². The summed E-state index contributed by atoms with van der Waals surface area (Å²) in [4.78, 5) is 24.9. The Kier molecular flexibility index (Phi) is 3.05. The highest BCUT2D eigenvalue weighted by atomic mass is 16.4. The first-order valence-corrected chi connectivity index (χ1v) is 5.59. The molecule has 1 aliphatic carbocycles. The molecular weight excluding hydrogens is 206 g/mol. The predicted octanol–water partition coefficient (Wildman–Crippen LogP) is 1.60. The molecule has 2 atom stereocenters. The van der Waals surface area contributed by atoms with Gasteiger partial charge in [0.2, 0.25) is 5.91 Å². The van der Waals surface area contributed by atoms with Crippen LogP contribution in [0.25, 0.3) is 0 Å². The molecule has 1 fully saturated rings. The molecule has 1 N–H and O–H groups in total. The van der Waals surface area contributed by atoms with Gasteiger partial charge < -0.3 is 10.0 Å². The molecular formula is C12H21NO3. The Morgan fingerprint density at radius 1 is 1.25 bits per heavy atom. The Morgan fingerprint density at radius 2 is 1.75 bits per heavy atom. The molecule has 1 aliphatic rings. The zero-order chi connectivity index (χ0) is 12.7. The number of carbonyl (C=O) groups excluding carboxylic acids is 1. The van der Waals surface area contributed by atoms with Crippen LogP contribution in [0.15, 0.2) is 0 Å². The lowest BCUT2D eigenvalue weighted by Crippen LogP contribution is -2.45. The quantitative estimate of drug-likeness (QED) is 0.779. The number of carboxylic acid groups (broad SMARTS) is 1. The van der Waals surface area contributed by atoms with E-state index in [2.05, 4.69) is 0 Å². The van der Waals surface area contributed by atoms with Gasteiger partial charge >= 0.3 is 5.97 Å². The molecule has 1 saturated carbocycles. The number of hydrogen-bond donors (Lipinski definition) is 1. The highest BCUT2D eigenvalue weighted by molar-refractivity contribution is 5.83. The minimum Gasteiger partial charge on any atom is -0.481 e. The largest absolute Gasteiger partial charge is 0.481 e. The van der Waals surface area contributed by atoms with Crippen molar-refractivity contribution >= 4 is 11.9 Å². The number of rotatable bonds is 2. The summed E-state index contributed by atoms with van der Waals surface area (Å²) in [5.41, 5.74) is -1.30. The second-order valence-corrected chi connectivity index (χ2v) is 5.68. The molecule has 0 bridgehead atoms. The van der Waals surface area contributed by atoms with Crippen LogP contribution in [0.4, 0.5) is 0 Å². The second-order valence-electron chi connectivity index (χ2n) is 5.68. The number of carboxylic acids is 1. The van der Waals surface area contributed by atoms with Gasteiger partial charge in [0.05, 0.1) is 5.41 Å². The third-order valence-electron chi connectivity index (χ3n) is 4.44.